The summed E-state index contributed by atoms with van der Waals surface area (Å²) in [6.07, 6.45) is 1.05. The average Bonchev–Trinajstić information content (AvgIpc) is 2.03. The van der Waals surface area contributed by atoms with E-state index < -0.39 is 0 Å². The van der Waals surface area contributed by atoms with Crippen LogP contribution in [-0.2, 0) is 5.41 Å². The minimum Gasteiger partial charge on any atom is -0.310 e. The molecule has 1 aromatic rings. The molecule has 1 fully saturated rings. The van der Waals surface area contributed by atoms with E-state index in [0.717, 1.165) is 24.1 Å². The highest BCUT2D eigenvalue weighted by molar-refractivity contribution is 5.31. The molecule has 82 valence electrons. The summed E-state index contributed by atoms with van der Waals surface area (Å²) >= 11 is 0. The Morgan fingerprint density at radius 1 is 1.33 bits per heavy atom. The lowest BCUT2D eigenvalue weighted by Crippen LogP contribution is -2.35. The highest BCUT2D eigenvalue weighted by Gasteiger charge is 2.23. The van der Waals surface area contributed by atoms with Gasteiger partial charge >= 0.3 is 0 Å². The van der Waals surface area contributed by atoms with E-state index in [1.54, 1.807) is 6.07 Å². The molecule has 2 heteroatoms. The fraction of sp³-hybridized carbons (Fsp3) is 0.538. The van der Waals surface area contributed by atoms with Gasteiger partial charge in [0.05, 0.1) is 0 Å². The van der Waals surface area contributed by atoms with Crippen LogP contribution >= 0.6 is 0 Å². The zero-order valence-corrected chi connectivity index (χ0v) is 9.60. The molecule has 1 aliphatic heterocycles. The number of halogens is 1. The maximum atomic E-state index is 13.8. The Balaban J connectivity index is 2.30. The van der Waals surface area contributed by atoms with E-state index in [-0.39, 0.29) is 17.3 Å². The van der Waals surface area contributed by atoms with E-state index in [0.29, 0.717) is 0 Å². The molecule has 1 saturated heterocycles. The van der Waals surface area contributed by atoms with Gasteiger partial charge in [-0.25, -0.2) is 4.39 Å². The van der Waals surface area contributed by atoms with E-state index in [1.165, 1.54) is 0 Å². The molecular formula is C13H18FN. The third-order valence-corrected chi connectivity index (χ3v) is 3.07. The first-order valence-electron chi connectivity index (χ1n) is 5.52. The number of nitrogens with one attached hydrogen (secondary N) is 1. The SMILES string of the molecule is CC(C)(C)c1ccc(C2CCN2)c(F)c1. The molecule has 1 atom stereocenters. The van der Waals surface area contributed by atoms with E-state index >= 15 is 0 Å². The number of hydrogen-bond donors (Lipinski definition) is 1. The molecule has 1 heterocycles. The molecule has 0 aromatic heterocycles. The lowest BCUT2D eigenvalue weighted by Gasteiger charge is -2.29. The Labute approximate surface area is 90.7 Å². The maximum Gasteiger partial charge on any atom is 0.128 e. The number of rotatable bonds is 1. The Kier molecular flexibility index (Phi) is 2.55. The van der Waals surface area contributed by atoms with Gasteiger partial charge in [-0.3, -0.25) is 0 Å². The minimum atomic E-state index is -0.0698. The largest absolute Gasteiger partial charge is 0.310 e. The van der Waals surface area contributed by atoms with Crippen LogP contribution in [0.25, 0.3) is 0 Å². The molecule has 1 nitrogen and oxygen atoms in total. The second-order valence-electron chi connectivity index (χ2n) is 5.28. The first-order valence-corrected chi connectivity index (χ1v) is 5.52. The summed E-state index contributed by atoms with van der Waals surface area (Å²) in [5.74, 6) is -0.0698. The summed E-state index contributed by atoms with van der Waals surface area (Å²) < 4.78 is 13.8. The van der Waals surface area contributed by atoms with Gasteiger partial charge in [0.15, 0.2) is 0 Å². The topological polar surface area (TPSA) is 12.0 Å². The predicted octanol–water partition coefficient (Wildman–Crippen LogP) is 3.16. The van der Waals surface area contributed by atoms with Gasteiger partial charge in [-0.1, -0.05) is 32.9 Å². The molecule has 0 spiro atoms. The van der Waals surface area contributed by atoms with Gasteiger partial charge in [-0.05, 0) is 30.0 Å². The van der Waals surface area contributed by atoms with Gasteiger partial charge in [-0.15, -0.1) is 0 Å². The smallest absolute Gasteiger partial charge is 0.128 e. The quantitative estimate of drug-likeness (QED) is 0.746. The molecule has 0 radical (unpaired) electrons. The Bertz CT molecular complexity index is 361. The second kappa shape index (κ2) is 3.60. The van der Waals surface area contributed by atoms with Crippen molar-refractivity contribution in [2.75, 3.05) is 6.54 Å². The molecule has 1 aromatic carbocycles. The van der Waals surface area contributed by atoms with Crippen molar-refractivity contribution in [3.05, 3.63) is 35.1 Å². The summed E-state index contributed by atoms with van der Waals surface area (Å²) in [5.41, 5.74) is 1.89. The van der Waals surface area contributed by atoms with Gasteiger partial charge in [0.25, 0.3) is 0 Å². The highest BCUT2D eigenvalue weighted by atomic mass is 19.1. The van der Waals surface area contributed by atoms with Crippen LogP contribution in [0.4, 0.5) is 4.39 Å². The molecular weight excluding hydrogens is 189 g/mol. The van der Waals surface area contributed by atoms with Crippen LogP contribution in [-0.4, -0.2) is 6.54 Å². The molecule has 0 aliphatic carbocycles. The van der Waals surface area contributed by atoms with Crippen LogP contribution < -0.4 is 5.32 Å². The summed E-state index contributed by atoms with van der Waals surface area (Å²) in [6.45, 7) is 7.31. The molecule has 0 bridgehead atoms. The van der Waals surface area contributed by atoms with Crippen molar-refractivity contribution in [1.82, 2.24) is 5.32 Å². The van der Waals surface area contributed by atoms with Crippen LogP contribution in [0.2, 0.25) is 0 Å². The molecule has 1 N–H and O–H groups in total. The number of hydrogen-bond acceptors (Lipinski definition) is 1. The monoisotopic (exact) mass is 207 g/mol. The molecule has 1 unspecified atom stereocenters. The maximum absolute atomic E-state index is 13.8. The zero-order chi connectivity index (χ0) is 11.1. The average molecular weight is 207 g/mol. The second-order valence-corrected chi connectivity index (χ2v) is 5.28. The van der Waals surface area contributed by atoms with Crippen molar-refractivity contribution in [1.29, 1.82) is 0 Å². The molecule has 0 amide bonds. The summed E-state index contributed by atoms with van der Waals surface area (Å²) in [4.78, 5) is 0. The van der Waals surface area contributed by atoms with Crippen molar-refractivity contribution >= 4 is 0 Å². The third-order valence-electron chi connectivity index (χ3n) is 3.07. The lowest BCUT2D eigenvalue weighted by atomic mass is 9.85. The summed E-state index contributed by atoms with van der Waals surface area (Å²) in [5, 5.41) is 3.22. The van der Waals surface area contributed by atoms with E-state index in [2.05, 4.69) is 26.1 Å². The minimum absolute atomic E-state index is 0.0203. The first kappa shape index (κ1) is 10.6. The zero-order valence-electron chi connectivity index (χ0n) is 9.60. The Hall–Kier alpha value is -0.890. The van der Waals surface area contributed by atoms with Crippen LogP contribution in [0, 0.1) is 5.82 Å². The van der Waals surface area contributed by atoms with Gasteiger partial charge in [0, 0.05) is 11.6 Å². The van der Waals surface area contributed by atoms with Gasteiger partial charge in [0.2, 0.25) is 0 Å². The Morgan fingerprint density at radius 3 is 2.40 bits per heavy atom. The van der Waals surface area contributed by atoms with Crippen LogP contribution in [0.15, 0.2) is 18.2 Å². The standard InChI is InChI=1S/C13H18FN/c1-13(2,3)9-4-5-10(11(14)8-9)12-6-7-15-12/h4-5,8,12,15H,6-7H2,1-3H3. The van der Waals surface area contributed by atoms with Gasteiger partial charge < -0.3 is 5.32 Å². The fourth-order valence-corrected chi connectivity index (χ4v) is 1.83. The van der Waals surface area contributed by atoms with E-state index in [4.69, 9.17) is 0 Å². The summed E-state index contributed by atoms with van der Waals surface area (Å²) in [7, 11) is 0. The third kappa shape index (κ3) is 2.05. The Morgan fingerprint density at radius 2 is 2.00 bits per heavy atom. The van der Waals surface area contributed by atoms with Crippen molar-refractivity contribution in [3.63, 3.8) is 0 Å². The number of benzene rings is 1. The van der Waals surface area contributed by atoms with Crippen molar-refractivity contribution in [2.45, 2.75) is 38.6 Å². The van der Waals surface area contributed by atoms with Gasteiger partial charge in [0.1, 0.15) is 5.82 Å². The van der Waals surface area contributed by atoms with Crippen molar-refractivity contribution in [2.24, 2.45) is 0 Å². The van der Waals surface area contributed by atoms with E-state index in [9.17, 15) is 4.39 Å². The molecule has 2 rings (SSSR count). The highest BCUT2D eigenvalue weighted by Crippen LogP contribution is 2.29. The first-order chi connectivity index (χ1) is 6.98. The predicted molar refractivity (Wildman–Crippen MR) is 60.5 cm³/mol. The van der Waals surface area contributed by atoms with Crippen molar-refractivity contribution in [3.8, 4) is 0 Å². The fourth-order valence-electron chi connectivity index (χ4n) is 1.83. The molecule has 1 aliphatic rings. The molecule has 0 saturated carbocycles. The molecule has 15 heavy (non-hydrogen) atoms. The van der Waals surface area contributed by atoms with E-state index in [1.807, 2.05) is 12.1 Å². The lowest BCUT2D eigenvalue weighted by molar-refractivity contribution is 0.370. The van der Waals surface area contributed by atoms with Crippen LogP contribution in [0.5, 0.6) is 0 Å². The van der Waals surface area contributed by atoms with Crippen molar-refractivity contribution < 1.29 is 4.39 Å². The van der Waals surface area contributed by atoms with Crippen LogP contribution in [0.1, 0.15) is 44.4 Å². The summed E-state index contributed by atoms with van der Waals surface area (Å²) in [6, 6.07) is 5.87. The normalized spacial score (nSPS) is 21.2. The van der Waals surface area contributed by atoms with Gasteiger partial charge in [-0.2, -0.15) is 0 Å². The van der Waals surface area contributed by atoms with Crippen LogP contribution in [0.3, 0.4) is 0 Å².